The number of pyridine rings is 1. The molecule has 7 heteroatoms. The summed E-state index contributed by atoms with van der Waals surface area (Å²) in [4.78, 5) is 4.42. The first-order chi connectivity index (χ1) is 13.9. The highest BCUT2D eigenvalue weighted by Gasteiger charge is 2.30. The minimum absolute atomic E-state index is 0.492. The predicted octanol–water partition coefficient (Wildman–Crippen LogP) is 6.01. The molecule has 0 aliphatic heterocycles. The van der Waals surface area contributed by atoms with Crippen molar-refractivity contribution in [2.75, 3.05) is 12.4 Å². The number of anilines is 2. The van der Waals surface area contributed by atoms with E-state index in [9.17, 15) is 13.2 Å². The number of alkyl halides is 3. The Morgan fingerprint density at radius 2 is 1.79 bits per heavy atom. The summed E-state index contributed by atoms with van der Waals surface area (Å²) in [5.41, 5.74) is 2.15. The number of halogens is 3. The van der Waals surface area contributed by atoms with Crippen molar-refractivity contribution in [3.63, 3.8) is 0 Å². The number of hydrogen-bond acceptors (Lipinski definition) is 3. The van der Waals surface area contributed by atoms with Gasteiger partial charge in [-0.2, -0.15) is 13.2 Å². The topological polar surface area (TPSA) is 39.1 Å². The van der Waals surface area contributed by atoms with Crippen LogP contribution in [0.1, 0.15) is 5.56 Å². The van der Waals surface area contributed by atoms with E-state index in [1.165, 1.54) is 6.07 Å². The van der Waals surface area contributed by atoms with Crippen molar-refractivity contribution in [1.82, 2.24) is 9.55 Å². The number of benzene rings is 2. The summed E-state index contributed by atoms with van der Waals surface area (Å²) in [5, 5.41) is 4.08. The van der Waals surface area contributed by atoms with E-state index in [0.717, 1.165) is 28.7 Å². The Morgan fingerprint density at radius 3 is 2.55 bits per heavy atom. The molecule has 0 bridgehead atoms. The van der Waals surface area contributed by atoms with Crippen molar-refractivity contribution in [2.45, 2.75) is 6.18 Å². The fourth-order valence-corrected chi connectivity index (χ4v) is 3.33. The first kappa shape index (κ1) is 18.9. The van der Waals surface area contributed by atoms with Crippen molar-refractivity contribution in [1.29, 1.82) is 0 Å². The minimum Gasteiger partial charge on any atom is -0.497 e. The van der Waals surface area contributed by atoms with Crippen LogP contribution in [0.3, 0.4) is 0 Å². The van der Waals surface area contributed by atoms with Gasteiger partial charge in [0.2, 0.25) is 0 Å². The number of nitrogens with one attached hydrogen (secondary N) is 1. The van der Waals surface area contributed by atoms with E-state index in [4.69, 9.17) is 4.74 Å². The average molecular weight is 397 g/mol. The van der Waals surface area contributed by atoms with Gasteiger partial charge in [-0.15, -0.1) is 0 Å². The zero-order valence-corrected chi connectivity index (χ0v) is 15.8. The highest BCUT2D eigenvalue weighted by molar-refractivity contribution is 5.96. The van der Waals surface area contributed by atoms with Crippen molar-refractivity contribution >= 4 is 22.4 Å². The number of nitrogens with zero attached hydrogens (tertiary/aromatic N) is 2. The molecule has 0 fully saturated rings. The number of methoxy groups -OCH3 is 1. The van der Waals surface area contributed by atoms with Crippen LogP contribution in [0.15, 0.2) is 66.9 Å². The van der Waals surface area contributed by atoms with Gasteiger partial charge in [-0.25, -0.2) is 4.98 Å². The Kier molecular flexibility index (Phi) is 4.66. The molecule has 0 aliphatic carbocycles. The van der Waals surface area contributed by atoms with Gasteiger partial charge in [0.05, 0.1) is 18.2 Å². The van der Waals surface area contributed by atoms with E-state index < -0.39 is 11.7 Å². The largest absolute Gasteiger partial charge is 0.497 e. The van der Waals surface area contributed by atoms with E-state index in [1.807, 2.05) is 48.0 Å². The molecule has 0 saturated carbocycles. The normalized spacial score (nSPS) is 11.6. The molecule has 2 aromatic carbocycles. The molecule has 4 nitrogen and oxygen atoms in total. The average Bonchev–Trinajstić information content (AvgIpc) is 3.05. The summed E-state index contributed by atoms with van der Waals surface area (Å²) in [6.45, 7) is 0. The molecule has 0 radical (unpaired) electrons. The standard InChI is InChI=1S/C22H18F3N3O/c1-28-19-9-10-26-21(27-16-7-4-8-17(12-16)29-2)18(19)13-20(28)14-5-3-6-15(11-14)22(23,24)25/h3-13H,1-2H3,(H,26,27). The summed E-state index contributed by atoms with van der Waals surface area (Å²) in [6, 6.07) is 16.4. The summed E-state index contributed by atoms with van der Waals surface area (Å²) in [5.74, 6) is 1.32. The van der Waals surface area contributed by atoms with Crippen molar-refractivity contribution < 1.29 is 17.9 Å². The van der Waals surface area contributed by atoms with Crippen molar-refractivity contribution in [3.05, 3.63) is 72.4 Å². The van der Waals surface area contributed by atoms with E-state index >= 15 is 0 Å². The van der Waals surface area contributed by atoms with Gasteiger partial charge < -0.3 is 14.6 Å². The summed E-state index contributed by atoms with van der Waals surface area (Å²) in [7, 11) is 3.42. The summed E-state index contributed by atoms with van der Waals surface area (Å²) in [6.07, 6.45) is -2.72. The summed E-state index contributed by atoms with van der Waals surface area (Å²) >= 11 is 0. The molecule has 0 atom stereocenters. The highest BCUT2D eigenvalue weighted by atomic mass is 19.4. The lowest BCUT2D eigenvalue weighted by molar-refractivity contribution is -0.137. The zero-order valence-electron chi connectivity index (χ0n) is 15.8. The molecule has 4 aromatic rings. The second-order valence-corrected chi connectivity index (χ2v) is 6.62. The Labute approximate surface area is 165 Å². The van der Waals surface area contributed by atoms with Crippen LogP contribution < -0.4 is 10.1 Å². The first-order valence-corrected chi connectivity index (χ1v) is 8.90. The van der Waals surface area contributed by atoms with Gasteiger partial charge in [0, 0.05) is 36.1 Å². The van der Waals surface area contributed by atoms with E-state index in [2.05, 4.69) is 10.3 Å². The van der Waals surface area contributed by atoms with Gasteiger partial charge in [-0.3, -0.25) is 0 Å². The van der Waals surface area contributed by atoms with Crippen LogP contribution in [0, 0.1) is 0 Å². The maximum Gasteiger partial charge on any atom is 0.416 e. The Morgan fingerprint density at radius 1 is 1.00 bits per heavy atom. The molecule has 0 unspecified atom stereocenters. The van der Waals surface area contributed by atoms with Gasteiger partial charge in [-0.1, -0.05) is 18.2 Å². The fraction of sp³-hybridized carbons (Fsp3) is 0.136. The third-order valence-electron chi connectivity index (χ3n) is 4.79. The molecule has 0 spiro atoms. The Bertz CT molecular complexity index is 1180. The van der Waals surface area contributed by atoms with Gasteiger partial charge >= 0.3 is 6.18 Å². The van der Waals surface area contributed by atoms with Crippen LogP contribution in [0.2, 0.25) is 0 Å². The molecular weight excluding hydrogens is 379 g/mol. The van der Waals surface area contributed by atoms with Crippen LogP contribution in [-0.2, 0) is 13.2 Å². The van der Waals surface area contributed by atoms with Crippen LogP contribution in [0.5, 0.6) is 5.75 Å². The molecule has 0 saturated heterocycles. The molecule has 2 heterocycles. The lowest BCUT2D eigenvalue weighted by atomic mass is 10.1. The van der Waals surface area contributed by atoms with Crippen molar-refractivity contribution in [3.8, 4) is 17.0 Å². The third-order valence-corrected chi connectivity index (χ3v) is 4.79. The molecule has 148 valence electrons. The number of fused-ring (bicyclic) bond motifs is 1. The smallest absolute Gasteiger partial charge is 0.416 e. The summed E-state index contributed by atoms with van der Waals surface area (Å²) < 4.78 is 46.5. The van der Waals surface area contributed by atoms with Gasteiger partial charge in [-0.05, 0) is 42.0 Å². The number of rotatable bonds is 4. The van der Waals surface area contributed by atoms with E-state index in [-0.39, 0.29) is 0 Å². The zero-order chi connectivity index (χ0) is 20.6. The van der Waals surface area contributed by atoms with Crippen LogP contribution >= 0.6 is 0 Å². The molecular formula is C22H18F3N3O. The number of hydrogen-bond donors (Lipinski definition) is 1. The molecule has 2 aromatic heterocycles. The first-order valence-electron chi connectivity index (χ1n) is 8.90. The maximum absolute atomic E-state index is 13.1. The molecule has 29 heavy (non-hydrogen) atoms. The second-order valence-electron chi connectivity index (χ2n) is 6.62. The quantitative estimate of drug-likeness (QED) is 0.458. The van der Waals surface area contributed by atoms with Gasteiger partial charge in [0.15, 0.2) is 0 Å². The van der Waals surface area contributed by atoms with Crippen LogP contribution in [-0.4, -0.2) is 16.7 Å². The Balaban J connectivity index is 1.79. The lowest BCUT2D eigenvalue weighted by Gasteiger charge is -2.10. The van der Waals surface area contributed by atoms with E-state index in [0.29, 0.717) is 22.8 Å². The van der Waals surface area contributed by atoms with Crippen molar-refractivity contribution in [2.24, 2.45) is 7.05 Å². The minimum atomic E-state index is -4.39. The van der Waals surface area contributed by atoms with Crippen LogP contribution in [0.4, 0.5) is 24.7 Å². The van der Waals surface area contributed by atoms with Crippen LogP contribution in [0.25, 0.3) is 22.2 Å². The lowest BCUT2D eigenvalue weighted by Crippen LogP contribution is -2.04. The number of aromatic nitrogens is 2. The number of aryl methyl sites for hydroxylation is 1. The van der Waals surface area contributed by atoms with Gasteiger partial charge in [0.25, 0.3) is 0 Å². The van der Waals surface area contributed by atoms with Gasteiger partial charge in [0.1, 0.15) is 11.6 Å². The predicted molar refractivity (Wildman–Crippen MR) is 107 cm³/mol. The second kappa shape index (κ2) is 7.16. The monoisotopic (exact) mass is 397 g/mol. The third kappa shape index (κ3) is 3.63. The molecule has 1 N–H and O–H groups in total. The maximum atomic E-state index is 13.1. The SMILES string of the molecule is COc1cccc(Nc2nccc3c2cc(-c2cccc(C(F)(F)F)c2)n3C)c1. The highest BCUT2D eigenvalue weighted by Crippen LogP contribution is 2.35. The number of ether oxygens (including phenoxy) is 1. The molecule has 4 rings (SSSR count). The molecule has 0 amide bonds. The Hall–Kier alpha value is -3.48. The fourth-order valence-electron chi connectivity index (χ4n) is 3.33. The van der Waals surface area contributed by atoms with E-state index in [1.54, 1.807) is 19.4 Å². The molecule has 0 aliphatic rings.